The minimum Gasteiger partial charge on any atom is -0.390 e. The third-order valence-electron chi connectivity index (χ3n) is 5.06. The zero-order valence-electron chi connectivity index (χ0n) is 17.4. The van der Waals surface area contributed by atoms with E-state index in [0.717, 1.165) is 21.0 Å². The first-order chi connectivity index (χ1) is 15.2. The van der Waals surface area contributed by atoms with Crippen molar-refractivity contribution in [3.63, 3.8) is 0 Å². The molecule has 1 aliphatic rings. The number of nitrogens with zero attached hydrogens (tertiary/aromatic N) is 9. The second-order valence-corrected chi connectivity index (χ2v) is 7.97. The van der Waals surface area contributed by atoms with Gasteiger partial charge in [-0.25, -0.2) is 9.78 Å². The molecule has 4 rings (SSSR count). The van der Waals surface area contributed by atoms with Crippen LogP contribution in [0, 0.1) is 10.1 Å². The maximum absolute atomic E-state index is 12.6. The third-order valence-corrected chi connectivity index (χ3v) is 6.09. The molecular formula is C16H19N9O6S. The number of rotatable bonds is 5. The van der Waals surface area contributed by atoms with Crippen molar-refractivity contribution < 1.29 is 14.5 Å². The van der Waals surface area contributed by atoms with Crippen LogP contribution in [-0.2, 0) is 37.2 Å². The molecule has 15 nitrogen and oxygen atoms in total. The Labute approximate surface area is 183 Å². The van der Waals surface area contributed by atoms with Gasteiger partial charge in [0.2, 0.25) is 5.91 Å². The second-order valence-electron chi connectivity index (χ2n) is 7.04. The Bertz CT molecular complexity index is 1350. The number of aromatic nitrogens is 7. The number of hydrogen-bond acceptors (Lipinski definition) is 10. The summed E-state index contributed by atoms with van der Waals surface area (Å²) < 4.78 is 10.0. The van der Waals surface area contributed by atoms with Crippen molar-refractivity contribution in [2.45, 2.75) is 16.9 Å². The van der Waals surface area contributed by atoms with E-state index in [1.54, 1.807) is 11.9 Å². The zero-order chi connectivity index (χ0) is 23.2. The predicted octanol–water partition coefficient (Wildman–Crippen LogP) is -1.52. The van der Waals surface area contributed by atoms with E-state index < -0.39 is 22.1 Å². The number of fused-ring (bicyclic) bond motifs is 1. The van der Waals surface area contributed by atoms with Gasteiger partial charge in [-0.1, -0.05) is 0 Å². The average Bonchev–Trinajstić information content (AvgIpc) is 3.33. The van der Waals surface area contributed by atoms with Crippen LogP contribution in [0.2, 0.25) is 0 Å². The number of hydrogen-bond donors (Lipinski definition) is 0. The van der Waals surface area contributed by atoms with E-state index >= 15 is 0 Å². The first-order valence-electron chi connectivity index (χ1n) is 9.44. The smallest absolute Gasteiger partial charge is 0.390 e. The summed E-state index contributed by atoms with van der Waals surface area (Å²) in [6.45, 7) is 1.41. The second kappa shape index (κ2) is 8.19. The normalized spacial score (nSPS) is 14.3. The van der Waals surface area contributed by atoms with E-state index in [9.17, 15) is 24.5 Å². The minimum absolute atomic E-state index is 0.0542. The summed E-state index contributed by atoms with van der Waals surface area (Å²) in [4.78, 5) is 57.7. The summed E-state index contributed by atoms with van der Waals surface area (Å²) in [6, 6.07) is 0. The van der Waals surface area contributed by atoms with Gasteiger partial charge in [-0.15, -0.1) is 0 Å². The molecule has 1 fully saturated rings. The van der Waals surface area contributed by atoms with Crippen LogP contribution in [0.4, 0.5) is 5.95 Å². The Hall–Kier alpha value is -3.53. The van der Waals surface area contributed by atoms with Crippen molar-refractivity contribution >= 4 is 34.8 Å². The fourth-order valence-corrected chi connectivity index (χ4v) is 4.15. The summed E-state index contributed by atoms with van der Waals surface area (Å²) in [5, 5.41) is 15.4. The molecule has 16 heteroatoms. The number of imidazole rings is 1. The van der Waals surface area contributed by atoms with E-state index in [-0.39, 0.29) is 33.9 Å². The molecule has 32 heavy (non-hydrogen) atoms. The van der Waals surface area contributed by atoms with Crippen molar-refractivity contribution in [3.05, 3.63) is 31.0 Å². The van der Waals surface area contributed by atoms with E-state index in [1.165, 1.54) is 23.2 Å². The lowest BCUT2D eigenvalue weighted by molar-refractivity contribution is -0.394. The molecule has 0 aliphatic carbocycles. The van der Waals surface area contributed by atoms with Crippen LogP contribution in [0.5, 0.6) is 0 Å². The highest BCUT2D eigenvalue weighted by Crippen LogP contribution is 2.28. The monoisotopic (exact) mass is 465 g/mol. The number of nitro groups is 1. The molecule has 1 amide bonds. The van der Waals surface area contributed by atoms with Gasteiger partial charge < -0.3 is 24.3 Å². The Morgan fingerprint density at radius 3 is 2.44 bits per heavy atom. The van der Waals surface area contributed by atoms with Crippen molar-refractivity contribution in [1.82, 2.24) is 38.3 Å². The molecule has 0 atom stereocenters. The van der Waals surface area contributed by atoms with Crippen molar-refractivity contribution in [3.8, 4) is 0 Å². The van der Waals surface area contributed by atoms with Crippen LogP contribution in [-0.4, -0.2) is 75.5 Å². The number of carbonyl (C=O) groups is 1. The SMILES string of the molecule is Cn1c(=O)c2c(nc(Sc3nc([N+](=O)[O-])nn3CC(=O)N3CCOCC3)n2C)n(C)c1=O. The van der Waals surface area contributed by atoms with E-state index in [0.29, 0.717) is 26.3 Å². The van der Waals surface area contributed by atoms with E-state index in [2.05, 4.69) is 15.1 Å². The van der Waals surface area contributed by atoms with Gasteiger partial charge >= 0.3 is 11.6 Å². The van der Waals surface area contributed by atoms with Crippen LogP contribution >= 0.6 is 11.8 Å². The molecule has 3 aromatic heterocycles. The molecule has 170 valence electrons. The molecule has 0 saturated carbocycles. The Kier molecular flexibility index (Phi) is 5.55. The number of ether oxygens (including phenoxy) is 1. The summed E-state index contributed by atoms with van der Waals surface area (Å²) in [6.07, 6.45) is 0. The van der Waals surface area contributed by atoms with Crippen LogP contribution in [0.1, 0.15) is 0 Å². The molecular weight excluding hydrogens is 446 g/mol. The predicted molar refractivity (Wildman–Crippen MR) is 109 cm³/mol. The maximum Gasteiger partial charge on any atom is 0.492 e. The van der Waals surface area contributed by atoms with Gasteiger partial charge in [0, 0.05) is 51.1 Å². The van der Waals surface area contributed by atoms with Gasteiger partial charge in [-0.05, 0) is 9.91 Å². The van der Waals surface area contributed by atoms with Gasteiger partial charge in [0.05, 0.1) is 13.2 Å². The van der Waals surface area contributed by atoms with Crippen LogP contribution in [0.15, 0.2) is 19.9 Å². The maximum atomic E-state index is 12.6. The molecule has 0 spiro atoms. The van der Waals surface area contributed by atoms with Gasteiger partial charge in [0.1, 0.15) is 6.54 Å². The Morgan fingerprint density at radius 2 is 1.78 bits per heavy atom. The van der Waals surface area contributed by atoms with Gasteiger partial charge in [0.25, 0.3) is 10.7 Å². The zero-order valence-corrected chi connectivity index (χ0v) is 18.2. The van der Waals surface area contributed by atoms with E-state index in [1.807, 2.05) is 0 Å². The molecule has 1 saturated heterocycles. The molecule has 3 aromatic rings. The number of morpholine rings is 1. The molecule has 1 aliphatic heterocycles. The number of amides is 1. The highest BCUT2D eigenvalue weighted by molar-refractivity contribution is 7.99. The number of aryl methyl sites for hydroxylation is 2. The van der Waals surface area contributed by atoms with Crippen LogP contribution in [0.25, 0.3) is 11.2 Å². The first kappa shape index (κ1) is 21.7. The van der Waals surface area contributed by atoms with E-state index in [4.69, 9.17) is 4.74 Å². The molecule has 0 bridgehead atoms. The lowest BCUT2D eigenvalue weighted by atomic mass is 10.4. The molecule has 4 heterocycles. The first-order valence-corrected chi connectivity index (χ1v) is 10.3. The van der Waals surface area contributed by atoms with Crippen molar-refractivity contribution in [1.29, 1.82) is 0 Å². The third kappa shape index (κ3) is 3.66. The quantitative estimate of drug-likeness (QED) is 0.319. The summed E-state index contributed by atoms with van der Waals surface area (Å²) in [5.74, 6) is -0.944. The molecule has 0 aromatic carbocycles. The lowest BCUT2D eigenvalue weighted by Gasteiger charge is -2.26. The van der Waals surface area contributed by atoms with Crippen molar-refractivity contribution in [2.24, 2.45) is 21.1 Å². The minimum atomic E-state index is -0.756. The molecule has 0 radical (unpaired) electrons. The van der Waals surface area contributed by atoms with Crippen LogP contribution < -0.4 is 11.2 Å². The Balaban J connectivity index is 1.73. The number of carbonyl (C=O) groups excluding carboxylic acids is 1. The fourth-order valence-electron chi connectivity index (χ4n) is 3.28. The van der Waals surface area contributed by atoms with Gasteiger partial charge in [-0.2, -0.15) is 4.68 Å². The Morgan fingerprint density at radius 1 is 1.09 bits per heavy atom. The summed E-state index contributed by atoms with van der Waals surface area (Å²) >= 11 is 0.900. The highest BCUT2D eigenvalue weighted by atomic mass is 32.2. The topological polar surface area (TPSA) is 165 Å². The van der Waals surface area contributed by atoms with Gasteiger partial charge in [-0.3, -0.25) is 18.7 Å². The van der Waals surface area contributed by atoms with Crippen LogP contribution in [0.3, 0.4) is 0 Å². The standard InChI is InChI=1S/C16H19N9O6S/c1-20-10-11(21(2)16(28)22(3)12(10)27)17-14(20)32-15-18-13(25(29)30)19-24(15)8-9(26)23-4-6-31-7-5-23/h4-8H2,1-3H3. The highest BCUT2D eigenvalue weighted by Gasteiger charge is 2.28. The van der Waals surface area contributed by atoms with Crippen molar-refractivity contribution in [2.75, 3.05) is 26.3 Å². The largest absolute Gasteiger partial charge is 0.492 e. The average molecular weight is 465 g/mol. The fraction of sp³-hybridized carbons (Fsp3) is 0.500. The molecule has 0 N–H and O–H groups in total. The summed E-state index contributed by atoms with van der Waals surface area (Å²) in [7, 11) is 4.43. The molecule has 0 unspecified atom stereocenters. The van der Waals surface area contributed by atoms with Gasteiger partial charge in [0.15, 0.2) is 16.3 Å². The lowest BCUT2D eigenvalue weighted by Crippen LogP contribution is -2.42. The summed E-state index contributed by atoms with van der Waals surface area (Å²) in [5.41, 5.74) is -0.720.